The van der Waals surface area contributed by atoms with E-state index in [1.807, 2.05) is 0 Å². The van der Waals surface area contributed by atoms with E-state index in [2.05, 4.69) is 20.8 Å². The molecular formula is C30H47NO7. The van der Waals surface area contributed by atoms with Gasteiger partial charge in [0.05, 0.1) is 12.8 Å². The third-order valence-electron chi connectivity index (χ3n) is 11.7. The number of aliphatic carboxylic acids is 1. The molecule has 8 heteroatoms. The van der Waals surface area contributed by atoms with E-state index in [1.54, 1.807) is 0 Å². The Kier molecular flexibility index (Phi) is 8.49. The molecule has 0 bridgehead atoms. The minimum Gasteiger partial charge on any atom is -0.481 e. The summed E-state index contributed by atoms with van der Waals surface area (Å²) in [6.45, 7) is 7.24. The number of hydrogen-bond donors (Lipinski definition) is 2. The molecular weight excluding hydrogens is 486 g/mol. The highest BCUT2D eigenvalue weighted by molar-refractivity contribution is 5.90. The van der Waals surface area contributed by atoms with Gasteiger partial charge in [0.25, 0.3) is 0 Å². The van der Waals surface area contributed by atoms with Crippen molar-refractivity contribution in [3.63, 3.8) is 0 Å². The van der Waals surface area contributed by atoms with Gasteiger partial charge in [-0.05, 0) is 111 Å². The molecule has 0 aromatic heterocycles. The number of amides is 2. The summed E-state index contributed by atoms with van der Waals surface area (Å²) in [6.07, 6.45) is 9.66. The number of carboxylic acids is 1. The number of carbonyl (C=O) groups excluding carboxylic acids is 2. The van der Waals surface area contributed by atoms with Crippen molar-refractivity contribution in [2.45, 2.75) is 110 Å². The van der Waals surface area contributed by atoms with E-state index in [4.69, 9.17) is 14.9 Å². The quantitative estimate of drug-likeness (QED) is 0.368. The molecule has 4 aliphatic carbocycles. The molecule has 214 valence electrons. The lowest BCUT2D eigenvalue weighted by atomic mass is 9.44. The van der Waals surface area contributed by atoms with Crippen molar-refractivity contribution in [2.75, 3.05) is 7.05 Å². The van der Waals surface area contributed by atoms with E-state index in [1.165, 1.54) is 45.6 Å². The molecule has 4 rings (SSSR count). The van der Waals surface area contributed by atoms with Gasteiger partial charge in [-0.25, -0.2) is 4.79 Å². The van der Waals surface area contributed by atoms with E-state index < -0.39 is 12.1 Å². The minimum absolute atomic E-state index is 0.0528. The zero-order chi connectivity index (χ0) is 27.8. The van der Waals surface area contributed by atoms with E-state index in [-0.39, 0.29) is 48.1 Å². The fraction of sp³-hybridized carbons (Fsp3) is 0.867. The highest BCUT2D eigenvalue weighted by Crippen LogP contribution is 2.68. The van der Waals surface area contributed by atoms with Crippen LogP contribution in [0.1, 0.15) is 104 Å². The van der Waals surface area contributed by atoms with Gasteiger partial charge in [-0.15, -0.1) is 0 Å². The maximum atomic E-state index is 12.3. The van der Waals surface area contributed by atoms with Crippen LogP contribution >= 0.6 is 0 Å². The van der Waals surface area contributed by atoms with Gasteiger partial charge in [0.1, 0.15) is 6.10 Å². The van der Waals surface area contributed by atoms with Crippen LogP contribution in [0.15, 0.2) is 0 Å². The minimum atomic E-state index is -1.19. The number of fused-ring (bicyclic) bond motifs is 5. The van der Waals surface area contributed by atoms with Gasteiger partial charge < -0.3 is 14.9 Å². The lowest BCUT2D eigenvalue weighted by Gasteiger charge is -2.61. The highest BCUT2D eigenvalue weighted by atomic mass is 16.5. The molecule has 3 unspecified atom stereocenters. The lowest BCUT2D eigenvalue weighted by molar-refractivity contribution is -0.164. The maximum absolute atomic E-state index is 12.3. The Balaban J connectivity index is 1.36. The second kappa shape index (κ2) is 11.2. The number of esters is 1. The fourth-order valence-electron chi connectivity index (χ4n) is 9.58. The zero-order valence-electron chi connectivity index (χ0n) is 23.6. The van der Waals surface area contributed by atoms with Crippen molar-refractivity contribution in [3.05, 3.63) is 0 Å². The Morgan fingerprint density at radius 2 is 1.58 bits per heavy atom. The van der Waals surface area contributed by atoms with Gasteiger partial charge in [0.2, 0.25) is 5.91 Å². The van der Waals surface area contributed by atoms with Gasteiger partial charge in [0, 0.05) is 13.5 Å². The van der Waals surface area contributed by atoms with E-state index in [0.29, 0.717) is 29.6 Å². The van der Waals surface area contributed by atoms with Crippen LogP contribution in [0.3, 0.4) is 0 Å². The summed E-state index contributed by atoms with van der Waals surface area (Å²) in [7, 11) is 1.33. The van der Waals surface area contributed by atoms with Gasteiger partial charge in [-0.2, -0.15) is 0 Å². The van der Waals surface area contributed by atoms with Gasteiger partial charge in [-0.3, -0.25) is 19.3 Å². The zero-order valence-corrected chi connectivity index (χ0v) is 23.6. The van der Waals surface area contributed by atoms with E-state index in [9.17, 15) is 19.2 Å². The molecule has 9 atom stereocenters. The van der Waals surface area contributed by atoms with Crippen molar-refractivity contribution in [2.24, 2.45) is 46.3 Å². The van der Waals surface area contributed by atoms with Crippen LogP contribution in [-0.2, 0) is 19.1 Å². The summed E-state index contributed by atoms with van der Waals surface area (Å²) in [5.74, 6) is 1.97. The largest absolute Gasteiger partial charge is 0.481 e. The molecule has 2 amide bonds. The van der Waals surface area contributed by atoms with Crippen molar-refractivity contribution in [3.8, 4) is 0 Å². The van der Waals surface area contributed by atoms with Crippen LogP contribution in [-0.4, -0.2) is 52.2 Å². The number of ether oxygens (including phenoxy) is 1. The third-order valence-corrected chi connectivity index (χ3v) is 11.7. The molecule has 0 aromatic rings. The van der Waals surface area contributed by atoms with Crippen LogP contribution in [0.25, 0.3) is 0 Å². The first-order valence-electron chi connectivity index (χ1n) is 14.8. The summed E-state index contributed by atoms with van der Waals surface area (Å²) in [6, 6.07) is 0. The summed E-state index contributed by atoms with van der Waals surface area (Å²) < 4.78 is 5.70. The molecule has 0 radical (unpaired) electrons. The third kappa shape index (κ3) is 5.46. The Morgan fingerprint density at radius 3 is 2.26 bits per heavy atom. The number of imide groups is 1. The smallest absolute Gasteiger partial charge is 0.413 e. The summed E-state index contributed by atoms with van der Waals surface area (Å²) in [5, 5.41) is 17.9. The summed E-state index contributed by atoms with van der Waals surface area (Å²) in [4.78, 5) is 47.1. The number of hydrogen-bond acceptors (Lipinski definition) is 5. The molecule has 0 saturated heterocycles. The lowest BCUT2D eigenvalue weighted by Crippen LogP contribution is -2.54. The second-order valence-electron chi connectivity index (χ2n) is 13.4. The normalized spacial score (nSPS) is 38.7. The Labute approximate surface area is 226 Å². The molecule has 4 aliphatic rings. The van der Waals surface area contributed by atoms with Crippen LogP contribution < -0.4 is 0 Å². The van der Waals surface area contributed by atoms with Crippen LogP contribution in [0.4, 0.5) is 4.79 Å². The van der Waals surface area contributed by atoms with Crippen molar-refractivity contribution >= 4 is 23.9 Å². The number of carbonyl (C=O) groups is 4. The Morgan fingerprint density at radius 1 is 0.895 bits per heavy atom. The number of carboxylic acid groups (broad SMARTS) is 2. The molecule has 2 N–H and O–H groups in total. The molecule has 0 heterocycles. The Bertz CT molecular complexity index is 936. The summed E-state index contributed by atoms with van der Waals surface area (Å²) >= 11 is 0. The number of nitrogens with zero attached hydrogens (tertiary/aromatic N) is 1. The molecule has 8 nitrogen and oxygen atoms in total. The molecule has 0 aromatic carbocycles. The average Bonchev–Trinajstić information content (AvgIpc) is 3.22. The molecule has 4 fully saturated rings. The maximum Gasteiger partial charge on any atom is 0.413 e. The second-order valence-corrected chi connectivity index (χ2v) is 13.4. The van der Waals surface area contributed by atoms with Crippen molar-refractivity contribution < 1.29 is 34.1 Å². The topological polar surface area (TPSA) is 121 Å². The standard InChI is InChI=1S/C30H47NO7/c1-18(5-10-25(32)31(4)28(36)37)22-8-9-23-21-7-6-19-17-20(38-27(35)12-11-26(33)34)13-15-29(19,2)24(21)14-16-30(22,23)3/h18-24H,5-17H2,1-4H3,(H,33,34)(H,36,37)/t18-,19-,20-,21?,22?,23+,24?,29+,30-/m1/s1. The highest BCUT2D eigenvalue weighted by Gasteiger charge is 2.60. The van der Waals surface area contributed by atoms with E-state index in [0.717, 1.165) is 36.5 Å². The Hall–Kier alpha value is -2.12. The SMILES string of the molecule is C[C@H](CCC(=O)N(C)C(=O)O)C1CC[C@H]2C3CC[C@@H]4C[C@H](OC(=O)CCC(=O)O)CC[C@]4(C)C3CC[C@]12C. The molecule has 4 saturated carbocycles. The van der Waals surface area contributed by atoms with Crippen LogP contribution in [0.2, 0.25) is 0 Å². The summed E-state index contributed by atoms with van der Waals surface area (Å²) in [5.41, 5.74) is 0.550. The molecule has 0 spiro atoms. The first kappa shape index (κ1) is 28.9. The van der Waals surface area contributed by atoms with E-state index >= 15 is 0 Å². The number of rotatable bonds is 8. The average molecular weight is 534 g/mol. The van der Waals surface area contributed by atoms with Gasteiger partial charge in [-0.1, -0.05) is 20.8 Å². The van der Waals surface area contributed by atoms with Gasteiger partial charge >= 0.3 is 18.0 Å². The van der Waals surface area contributed by atoms with Crippen molar-refractivity contribution in [1.29, 1.82) is 0 Å². The fourth-order valence-corrected chi connectivity index (χ4v) is 9.58. The van der Waals surface area contributed by atoms with Crippen LogP contribution in [0, 0.1) is 46.3 Å². The monoisotopic (exact) mass is 533 g/mol. The predicted octanol–water partition coefficient (Wildman–Crippen LogP) is 5.97. The first-order valence-corrected chi connectivity index (χ1v) is 14.8. The molecule has 38 heavy (non-hydrogen) atoms. The molecule has 0 aliphatic heterocycles. The van der Waals surface area contributed by atoms with Crippen molar-refractivity contribution in [1.82, 2.24) is 4.90 Å². The van der Waals surface area contributed by atoms with Gasteiger partial charge in [0.15, 0.2) is 0 Å². The van der Waals surface area contributed by atoms with Crippen LogP contribution in [0.5, 0.6) is 0 Å². The predicted molar refractivity (Wildman–Crippen MR) is 141 cm³/mol. The first-order chi connectivity index (χ1) is 17.9.